The normalized spacial score (nSPS) is 11.5. The molecule has 0 aliphatic heterocycles. The van der Waals surface area contributed by atoms with Crippen molar-refractivity contribution in [2.75, 3.05) is 5.32 Å². The van der Waals surface area contributed by atoms with Gasteiger partial charge in [0.15, 0.2) is 5.96 Å². The number of nitrogens with one attached hydrogen (secondary N) is 1. The minimum atomic E-state index is 0.161. The minimum Gasteiger partial charge on any atom is -0.491 e. The van der Waals surface area contributed by atoms with Gasteiger partial charge in [-0.15, -0.1) is 0 Å². The number of aliphatic imine (C=N–C) groups is 1. The molecule has 0 fully saturated rings. The summed E-state index contributed by atoms with van der Waals surface area (Å²) in [7, 11) is 0. The first-order valence-corrected chi connectivity index (χ1v) is 7.27. The monoisotopic (exact) mass is 298 g/mol. The molecule has 5 heteroatoms. The lowest BCUT2D eigenvalue weighted by molar-refractivity contribution is 0.242. The van der Waals surface area contributed by atoms with Crippen LogP contribution in [0.2, 0.25) is 0 Å². The Hall–Kier alpha value is -2.56. The summed E-state index contributed by atoms with van der Waals surface area (Å²) in [5.74, 6) is 1.21. The van der Waals surface area contributed by atoms with Crippen LogP contribution in [0.1, 0.15) is 25.0 Å². The van der Waals surface area contributed by atoms with Gasteiger partial charge in [-0.1, -0.05) is 6.07 Å². The molecule has 22 heavy (non-hydrogen) atoms. The molecule has 0 unspecified atom stereocenters. The molecule has 0 spiro atoms. The van der Waals surface area contributed by atoms with Gasteiger partial charge in [-0.25, -0.2) is 4.99 Å². The van der Waals surface area contributed by atoms with E-state index in [-0.39, 0.29) is 6.10 Å². The Morgan fingerprint density at radius 2 is 2.00 bits per heavy atom. The highest BCUT2D eigenvalue weighted by molar-refractivity contribution is 5.92. The molecular weight excluding hydrogens is 276 g/mol. The summed E-state index contributed by atoms with van der Waals surface area (Å²) < 4.78 is 5.59. The molecule has 0 saturated carbocycles. The molecule has 0 aliphatic carbocycles. The van der Waals surface area contributed by atoms with Crippen LogP contribution in [-0.2, 0) is 6.54 Å². The summed E-state index contributed by atoms with van der Waals surface area (Å²) in [5, 5.41) is 3.06. The SMILES string of the molecule is Cc1cncc(CN=C(N)Nc2ccc(OC(C)C)cc2)c1. The highest BCUT2D eigenvalue weighted by Crippen LogP contribution is 2.16. The standard InChI is InChI=1S/C17H22N4O/c1-12(2)22-16-6-4-15(5-7-16)21-17(18)20-11-14-8-13(3)9-19-10-14/h4-10,12H,11H2,1-3H3,(H3,18,20,21). The molecule has 0 amide bonds. The van der Waals surface area contributed by atoms with E-state index in [2.05, 4.69) is 15.3 Å². The maximum atomic E-state index is 5.90. The molecule has 1 aromatic heterocycles. The van der Waals surface area contributed by atoms with Crippen molar-refractivity contribution < 1.29 is 4.74 Å². The van der Waals surface area contributed by atoms with Crippen molar-refractivity contribution in [1.82, 2.24) is 4.98 Å². The number of rotatable bonds is 5. The van der Waals surface area contributed by atoms with Gasteiger partial charge in [-0.2, -0.15) is 0 Å². The molecule has 2 rings (SSSR count). The lowest BCUT2D eigenvalue weighted by Crippen LogP contribution is -2.22. The van der Waals surface area contributed by atoms with Crippen LogP contribution in [0, 0.1) is 6.92 Å². The van der Waals surface area contributed by atoms with Crippen LogP contribution in [0.3, 0.4) is 0 Å². The third-order valence-corrected chi connectivity index (χ3v) is 2.86. The number of guanidine groups is 1. The van der Waals surface area contributed by atoms with Crippen LogP contribution in [-0.4, -0.2) is 17.0 Å². The average Bonchev–Trinajstić information content (AvgIpc) is 2.47. The van der Waals surface area contributed by atoms with Gasteiger partial charge < -0.3 is 15.8 Å². The first-order chi connectivity index (χ1) is 10.5. The highest BCUT2D eigenvalue weighted by atomic mass is 16.5. The summed E-state index contributed by atoms with van der Waals surface area (Å²) in [6.45, 7) is 6.50. The second kappa shape index (κ2) is 7.45. The topological polar surface area (TPSA) is 72.5 Å². The van der Waals surface area contributed by atoms with Crippen molar-refractivity contribution in [3.63, 3.8) is 0 Å². The molecule has 0 aliphatic rings. The largest absolute Gasteiger partial charge is 0.491 e. The predicted octanol–water partition coefficient (Wildman–Crippen LogP) is 3.10. The molecule has 2 aromatic rings. The number of nitrogens with two attached hydrogens (primary N) is 1. The van der Waals surface area contributed by atoms with E-state index >= 15 is 0 Å². The van der Waals surface area contributed by atoms with Gasteiger partial charge in [0.25, 0.3) is 0 Å². The van der Waals surface area contributed by atoms with Gasteiger partial charge >= 0.3 is 0 Å². The van der Waals surface area contributed by atoms with E-state index < -0.39 is 0 Å². The molecule has 1 heterocycles. The smallest absolute Gasteiger partial charge is 0.193 e. The summed E-state index contributed by atoms with van der Waals surface area (Å²) in [5.41, 5.74) is 8.92. The summed E-state index contributed by atoms with van der Waals surface area (Å²) in [6, 6.07) is 9.67. The van der Waals surface area contributed by atoms with E-state index in [0.29, 0.717) is 12.5 Å². The molecule has 0 bridgehead atoms. The van der Waals surface area contributed by atoms with Crippen LogP contribution >= 0.6 is 0 Å². The minimum absolute atomic E-state index is 0.161. The Morgan fingerprint density at radius 1 is 1.27 bits per heavy atom. The van der Waals surface area contributed by atoms with Crippen LogP contribution in [0.25, 0.3) is 0 Å². The Morgan fingerprint density at radius 3 is 2.64 bits per heavy atom. The van der Waals surface area contributed by atoms with E-state index in [9.17, 15) is 0 Å². The summed E-state index contributed by atoms with van der Waals surface area (Å²) in [4.78, 5) is 8.45. The van der Waals surface area contributed by atoms with Crippen molar-refractivity contribution in [3.8, 4) is 5.75 Å². The van der Waals surface area contributed by atoms with E-state index in [4.69, 9.17) is 10.5 Å². The van der Waals surface area contributed by atoms with Gasteiger partial charge in [0.1, 0.15) is 5.75 Å². The first-order valence-electron chi connectivity index (χ1n) is 7.27. The number of aryl methyl sites for hydroxylation is 1. The Kier molecular flexibility index (Phi) is 5.36. The van der Waals surface area contributed by atoms with Crippen molar-refractivity contribution in [3.05, 3.63) is 53.9 Å². The number of nitrogens with zero attached hydrogens (tertiary/aromatic N) is 2. The molecule has 116 valence electrons. The summed E-state index contributed by atoms with van der Waals surface area (Å²) >= 11 is 0. The third kappa shape index (κ3) is 5.09. The fourth-order valence-electron chi connectivity index (χ4n) is 1.96. The molecule has 5 nitrogen and oxygen atoms in total. The van der Waals surface area contributed by atoms with Crippen LogP contribution in [0.15, 0.2) is 47.7 Å². The molecule has 0 atom stereocenters. The fraction of sp³-hybridized carbons (Fsp3) is 0.294. The number of hydrogen-bond donors (Lipinski definition) is 2. The lowest BCUT2D eigenvalue weighted by Gasteiger charge is -2.11. The first kappa shape index (κ1) is 15.8. The molecule has 1 aromatic carbocycles. The zero-order valence-electron chi connectivity index (χ0n) is 13.2. The van der Waals surface area contributed by atoms with Crippen LogP contribution in [0.4, 0.5) is 5.69 Å². The lowest BCUT2D eigenvalue weighted by atomic mass is 10.2. The second-order valence-corrected chi connectivity index (χ2v) is 5.39. The van der Waals surface area contributed by atoms with Crippen LogP contribution < -0.4 is 15.8 Å². The second-order valence-electron chi connectivity index (χ2n) is 5.39. The van der Waals surface area contributed by atoms with Crippen molar-refractivity contribution in [1.29, 1.82) is 0 Å². The van der Waals surface area contributed by atoms with Crippen LogP contribution in [0.5, 0.6) is 5.75 Å². The number of anilines is 1. The zero-order valence-corrected chi connectivity index (χ0v) is 13.2. The quantitative estimate of drug-likeness (QED) is 0.657. The number of benzene rings is 1. The average molecular weight is 298 g/mol. The number of hydrogen-bond acceptors (Lipinski definition) is 3. The van der Waals surface area contributed by atoms with Crippen molar-refractivity contribution in [2.24, 2.45) is 10.7 Å². The molecule has 3 N–H and O–H groups in total. The highest BCUT2D eigenvalue weighted by Gasteiger charge is 1.99. The molecular formula is C17H22N4O. The van der Waals surface area contributed by atoms with Gasteiger partial charge in [-0.05, 0) is 56.2 Å². The van der Waals surface area contributed by atoms with Gasteiger partial charge in [0, 0.05) is 18.1 Å². The maximum Gasteiger partial charge on any atom is 0.193 e. The third-order valence-electron chi connectivity index (χ3n) is 2.86. The molecule has 0 radical (unpaired) electrons. The number of ether oxygens (including phenoxy) is 1. The summed E-state index contributed by atoms with van der Waals surface area (Å²) in [6.07, 6.45) is 3.77. The predicted molar refractivity (Wildman–Crippen MR) is 90.1 cm³/mol. The maximum absolute atomic E-state index is 5.90. The van der Waals surface area contributed by atoms with Crippen molar-refractivity contribution >= 4 is 11.6 Å². The fourth-order valence-corrected chi connectivity index (χ4v) is 1.96. The zero-order chi connectivity index (χ0) is 15.9. The van der Waals surface area contributed by atoms with E-state index in [1.807, 2.05) is 57.3 Å². The van der Waals surface area contributed by atoms with Gasteiger partial charge in [0.2, 0.25) is 0 Å². The van der Waals surface area contributed by atoms with E-state index in [1.54, 1.807) is 6.20 Å². The number of pyridine rings is 1. The number of aromatic nitrogens is 1. The van der Waals surface area contributed by atoms with E-state index in [1.165, 1.54) is 0 Å². The van der Waals surface area contributed by atoms with Crippen molar-refractivity contribution in [2.45, 2.75) is 33.4 Å². The van der Waals surface area contributed by atoms with E-state index in [0.717, 1.165) is 22.6 Å². The Labute approximate surface area is 131 Å². The molecule has 0 saturated heterocycles. The van der Waals surface area contributed by atoms with Gasteiger partial charge in [0.05, 0.1) is 12.6 Å². The Bertz CT molecular complexity index is 635. The van der Waals surface area contributed by atoms with Gasteiger partial charge in [-0.3, -0.25) is 4.98 Å². The Balaban J connectivity index is 1.93.